The van der Waals surface area contributed by atoms with Crippen LogP contribution in [0.25, 0.3) is 11.1 Å². The highest BCUT2D eigenvalue weighted by Crippen LogP contribution is 2.44. The summed E-state index contributed by atoms with van der Waals surface area (Å²) in [6.07, 6.45) is -1.47. The monoisotopic (exact) mass is 600 g/mol. The Kier molecular flexibility index (Phi) is 7.57. The van der Waals surface area contributed by atoms with Crippen LogP contribution in [0.2, 0.25) is 0 Å². The summed E-state index contributed by atoms with van der Waals surface area (Å²) in [5.74, 6) is -2.06. The number of halogens is 2. The molecule has 35 heavy (non-hydrogen) atoms. The number of amides is 2. The minimum absolute atomic E-state index is 0.0519. The molecular weight excluding hydrogens is 580 g/mol. The summed E-state index contributed by atoms with van der Waals surface area (Å²) in [4.78, 5) is 36.9. The van der Waals surface area contributed by atoms with Crippen molar-refractivity contribution in [1.82, 2.24) is 5.32 Å². The fourth-order valence-corrected chi connectivity index (χ4v) is 5.81. The van der Waals surface area contributed by atoms with Crippen LogP contribution in [0.1, 0.15) is 29.0 Å². The van der Waals surface area contributed by atoms with Crippen molar-refractivity contribution in [2.75, 3.05) is 11.9 Å². The number of carbonyl (C=O) groups excluding carboxylic acids is 2. The molecule has 1 aliphatic rings. The third-order valence-electron chi connectivity index (χ3n) is 5.77. The molecular formula is C26H22Br2N2O5. The number of alkyl carbamates (subject to hydrolysis) is 1. The van der Waals surface area contributed by atoms with Gasteiger partial charge in [0.15, 0.2) is 0 Å². The van der Waals surface area contributed by atoms with E-state index in [2.05, 4.69) is 42.5 Å². The molecule has 180 valence electrons. The first-order valence-corrected chi connectivity index (χ1v) is 12.4. The summed E-state index contributed by atoms with van der Waals surface area (Å²) >= 11 is 6.79. The first-order chi connectivity index (χ1) is 16.7. The number of benzene rings is 3. The minimum Gasteiger partial charge on any atom is -0.481 e. The quantitative estimate of drug-likeness (QED) is 0.315. The maximum atomic E-state index is 12.9. The van der Waals surface area contributed by atoms with Crippen molar-refractivity contribution < 1.29 is 24.2 Å². The summed E-state index contributed by atoms with van der Waals surface area (Å²) in [5.41, 5.74) is 5.68. The lowest BCUT2D eigenvalue weighted by Crippen LogP contribution is -2.45. The molecule has 1 unspecified atom stereocenters. The van der Waals surface area contributed by atoms with Crippen LogP contribution in [0, 0.1) is 6.92 Å². The Morgan fingerprint density at radius 3 is 2.06 bits per heavy atom. The Bertz CT molecular complexity index is 1240. The van der Waals surface area contributed by atoms with Crippen LogP contribution in [0.3, 0.4) is 0 Å². The van der Waals surface area contributed by atoms with Gasteiger partial charge in [-0.3, -0.25) is 9.59 Å². The van der Waals surface area contributed by atoms with Crippen molar-refractivity contribution in [2.24, 2.45) is 0 Å². The molecule has 1 atom stereocenters. The Morgan fingerprint density at radius 2 is 1.51 bits per heavy atom. The van der Waals surface area contributed by atoms with Crippen molar-refractivity contribution in [2.45, 2.75) is 25.3 Å². The van der Waals surface area contributed by atoms with Crippen LogP contribution in [0.15, 0.2) is 69.6 Å². The van der Waals surface area contributed by atoms with Gasteiger partial charge < -0.3 is 20.5 Å². The molecule has 2 amide bonds. The van der Waals surface area contributed by atoms with E-state index >= 15 is 0 Å². The Labute approximate surface area is 219 Å². The molecule has 0 fully saturated rings. The maximum Gasteiger partial charge on any atom is 0.407 e. The highest BCUT2D eigenvalue weighted by molar-refractivity contribution is 9.11. The maximum absolute atomic E-state index is 12.9. The van der Waals surface area contributed by atoms with Crippen molar-refractivity contribution >= 4 is 55.5 Å². The van der Waals surface area contributed by atoms with Gasteiger partial charge in [0.1, 0.15) is 12.6 Å². The standard InChI is InChI=1S/C26H22Br2N2O5/c1-14-10-20(27)24(21(28)11-14)30-25(33)22(12-23(31)32)29-26(34)35-13-19-17-8-4-2-6-15(17)16-7-3-5-9-18(16)19/h2-11,19,22H,12-13H2,1H3,(H,29,34)(H,30,33)(H,31,32). The molecule has 0 radical (unpaired) electrons. The smallest absolute Gasteiger partial charge is 0.407 e. The van der Waals surface area contributed by atoms with Gasteiger partial charge in [-0.1, -0.05) is 48.5 Å². The number of rotatable bonds is 7. The van der Waals surface area contributed by atoms with Gasteiger partial charge in [0.2, 0.25) is 5.91 Å². The molecule has 0 aromatic heterocycles. The first-order valence-electron chi connectivity index (χ1n) is 10.8. The van der Waals surface area contributed by atoms with Crippen molar-refractivity contribution in [3.05, 3.63) is 86.3 Å². The number of carboxylic acid groups (broad SMARTS) is 1. The van der Waals surface area contributed by atoms with E-state index in [9.17, 15) is 19.5 Å². The molecule has 3 N–H and O–H groups in total. The van der Waals surface area contributed by atoms with Crippen LogP contribution in [-0.2, 0) is 14.3 Å². The fourth-order valence-electron chi connectivity index (χ4n) is 4.20. The zero-order valence-corrected chi connectivity index (χ0v) is 21.9. The lowest BCUT2D eigenvalue weighted by molar-refractivity contribution is -0.139. The minimum atomic E-state index is -1.33. The molecule has 3 aromatic carbocycles. The zero-order valence-electron chi connectivity index (χ0n) is 18.7. The molecule has 0 saturated carbocycles. The molecule has 1 aliphatic carbocycles. The normalized spacial score (nSPS) is 12.9. The topological polar surface area (TPSA) is 105 Å². The largest absolute Gasteiger partial charge is 0.481 e. The van der Waals surface area contributed by atoms with Gasteiger partial charge in [-0.15, -0.1) is 0 Å². The summed E-state index contributed by atoms with van der Waals surface area (Å²) in [6.45, 7) is 1.95. The summed E-state index contributed by atoms with van der Waals surface area (Å²) < 4.78 is 6.71. The highest BCUT2D eigenvalue weighted by atomic mass is 79.9. The molecule has 0 spiro atoms. The second-order valence-electron chi connectivity index (χ2n) is 8.21. The van der Waals surface area contributed by atoms with Crippen LogP contribution in [-0.4, -0.2) is 35.7 Å². The van der Waals surface area contributed by atoms with Gasteiger partial charge in [-0.05, 0) is 78.7 Å². The third kappa shape index (κ3) is 5.57. The SMILES string of the molecule is Cc1cc(Br)c(NC(=O)C(CC(=O)O)NC(=O)OCC2c3ccccc3-c3ccccc32)c(Br)c1. The van der Waals surface area contributed by atoms with E-state index in [-0.39, 0.29) is 12.5 Å². The van der Waals surface area contributed by atoms with Crippen LogP contribution < -0.4 is 10.6 Å². The molecule has 0 bridgehead atoms. The second-order valence-corrected chi connectivity index (χ2v) is 9.92. The van der Waals surface area contributed by atoms with Gasteiger partial charge in [-0.25, -0.2) is 4.79 Å². The molecule has 7 nitrogen and oxygen atoms in total. The second kappa shape index (κ2) is 10.6. The zero-order chi connectivity index (χ0) is 25.1. The highest BCUT2D eigenvalue weighted by Gasteiger charge is 2.30. The van der Waals surface area contributed by atoms with E-state index in [1.165, 1.54) is 0 Å². The summed E-state index contributed by atoms with van der Waals surface area (Å²) in [7, 11) is 0. The number of hydrogen-bond donors (Lipinski definition) is 3. The third-order valence-corrected chi connectivity index (χ3v) is 7.02. The average Bonchev–Trinajstić information content (AvgIpc) is 3.13. The number of carboxylic acids is 1. The molecule has 3 aromatic rings. The molecule has 0 saturated heterocycles. The van der Waals surface area contributed by atoms with E-state index in [4.69, 9.17) is 4.74 Å². The van der Waals surface area contributed by atoms with E-state index in [0.29, 0.717) is 14.6 Å². The Morgan fingerprint density at radius 1 is 0.971 bits per heavy atom. The Balaban J connectivity index is 1.45. The fraction of sp³-hybridized carbons (Fsp3) is 0.192. The summed E-state index contributed by atoms with van der Waals surface area (Å²) in [5, 5.41) is 14.4. The van der Waals surface area contributed by atoms with Crippen molar-refractivity contribution in [3.8, 4) is 11.1 Å². The van der Waals surface area contributed by atoms with Gasteiger partial charge in [0.05, 0.1) is 12.1 Å². The number of aliphatic carboxylic acids is 1. The van der Waals surface area contributed by atoms with Gasteiger partial charge in [0.25, 0.3) is 0 Å². The number of anilines is 1. The molecule has 0 heterocycles. The van der Waals surface area contributed by atoms with E-state index in [0.717, 1.165) is 27.8 Å². The number of hydrogen-bond acceptors (Lipinski definition) is 4. The van der Waals surface area contributed by atoms with Crippen molar-refractivity contribution in [3.63, 3.8) is 0 Å². The molecule has 0 aliphatic heterocycles. The average molecular weight is 602 g/mol. The predicted molar refractivity (Wildman–Crippen MR) is 139 cm³/mol. The van der Waals surface area contributed by atoms with Crippen LogP contribution in [0.4, 0.5) is 10.5 Å². The Hall–Kier alpha value is -3.17. The molecule has 4 rings (SSSR count). The number of nitrogens with one attached hydrogen (secondary N) is 2. The lowest BCUT2D eigenvalue weighted by atomic mass is 9.98. The van der Waals surface area contributed by atoms with Crippen LogP contribution >= 0.6 is 31.9 Å². The van der Waals surface area contributed by atoms with Crippen molar-refractivity contribution in [1.29, 1.82) is 0 Å². The number of aryl methyl sites for hydroxylation is 1. The van der Waals surface area contributed by atoms with E-state index in [1.807, 2.05) is 67.6 Å². The van der Waals surface area contributed by atoms with Gasteiger partial charge in [0, 0.05) is 14.9 Å². The number of fused-ring (bicyclic) bond motifs is 3. The lowest BCUT2D eigenvalue weighted by Gasteiger charge is -2.19. The molecule has 9 heteroatoms. The number of ether oxygens (including phenoxy) is 1. The predicted octanol–water partition coefficient (Wildman–Crippen LogP) is 5.84. The van der Waals surface area contributed by atoms with Gasteiger partial charge >= 0.3 is 12.1 Å². The van der Waals surface area contributed by atoms with Crippen LogP contribution in [0.5, 0.6) is 0 Å². The number of carbonyl (C=O) groups is 3. The first kappa shape index (κ1) is 24.9. The van der Waals surface area contributed by atoms with E-state index in [1.54, 1.807) is 0 Å². The summed E-state index contributed by atoms with van der Waals surface area (Å²) in [6, 6.07) is 18.2. The van der Waals surface area contributed by atoms with E-state index < -0.39 is 30.4 Å². The van der Waals surface area contributed by atoms with Gasteiger partial charge in [-0.2, -0.15) is 0 Å².